The van der Waals surface area contributed by atoms with Gasteiger partial charge in [0.15, 0.2) is 0 Å². The van der Waals surface area contributed by atoms with E-state index >= 15 is 0 Å². The molecule has 0 aliphatic carbocycles. The molecule has 8 heteroatoms. The Hall–Kier alpha value is -1.18. The Balaban J connectivity index is 3.35. The van der Waals surface area contributed by atoms with Gasteiger partial charge >= 0.3 is 11.9 Å². The number of pyridine rings is 1. The van der Waals surface area contributed by atoms with E-state index in [0.717, 1.165) is 6.20 Å². The lowest BCUT2D eigenvalue weighted by molar-refractivity contribution is -0.386. The van der Waals surface area contributed by atoms with E-state index in [2.05, 4.69) is 20.9 Å². The number of halogens is 4. The minimum atomic E-state index is -4.65. The molecular formula is C6H2BrF3N2O2. The highest BCUT2D eigenvalue weighted by molar-refractivity contribution is 9.10. The van der Waals surface area contributed by atoms with Crippen molar-refractivity contribution in [2.24, 2.45) is 0 Å². The summed E-state index contributed by atoms with van der Waals surface area (Å²) in [7, 11) is 0. The molecule has 0 N–H and O–H groups in total. The summed E-state index contributed by atoms with van der Waals surface area (Å²) in [6.07, 6.45) is -3.38. The van der Waals surface area contributed by atoms with Crippen LogP contribution in [0.3, 0.4) is 0 Å². The zero-order chi connectivity index (χ0) is 10.9. The first-order valence-corrected chi connectivity index (χ1v) is 3.98. The molecule has 1 rings (SSSR count). The SMILES string of the molecule is O=[N+]([O-])c1cncc(C(F)(F)F)c1Br. The van der Waals surface area contributed by atoms with Crippen LogP contribution in [0.15, 0.2) is 16.9 Å². The number of hydrogen-bond donors (Lipinski definition) is 0. The number of rotatable bonds is 1. The molecule has 0 bridgehead atoms. The summed E-state index contributed by atoms with van der Waals surface area (Å²) in [5.74, 6) is 0. The third-order valence-corrected chi connectivity index (χ3v) is 2.20. The van der Waals surface area contributed by atoms with Gasteiger partial charge in [-0.2, -0.15) is 13.2 Å². The number of aromatic nitrogens is 1. The molecule has 0 aromatic carbocycles. The second kappa shape index (κ2) is 3.52. The van der Waals surface area contributed by atoms with Crippen LogP contribution in [0.2, 0.25) is 0 Å². The second-order valence-corrected chi connectivity index (χ2v) is 3.07. The maximum Gasteiger partial charge on any atom is 0.419 e. The monoisotopic (exact) mass is 270 g/mol. The van der Waals surface area contributed by atoms with Crippen molar-refractivity contribution in [2.75, 3.05) is 0 Å². The summed E-state index contributed by atoms with van der Waals surface area (Å²) in [5, 5.41) is 10.3. The summed E-state index contributed by atoms with van der Waals surface area (Å²) in [5.41, 5.74) is -1.87. The Morgan fingerprint density at radius 2 is 2.00 bits per heavy atom. The molecule has 4 nitrogen and oxygen atoms in total. The molecule has 14 heavy (non-hydrogen) atoms. The van der Waals surface area contributed by atoms with Gasteiger partial charge in [0.05, 0.1) is 10.5 Å². The van der Waals surface area contributed by atoms with Gasteiger partial charge in [0.2, 0.25) is 0 Å². The fourth-order valence-electron chi connectivity index (χ4n) is 0.759. The first-order valence-electron chi connectivity index (χ1n) is 3.19. The van der Waals surface area contributed by atoms with Crippen molar-refractivity contribution in [3.05, 3.63) is 32.5 Å². The van der Waals surface area contributed by atoms with Crippen LogP contribution >= 0.6 is 15.9 Å². The summed E-state index contributed by atoms with van der Waals surface area (Å²) in [4.78, 5) is 12.5. The first-order chi connectivity index (χ1) is 6.34. The van der Waals surface area contributed by atoms with Crippen LogP contribution < -0.4 is 0 Å². The molecule has 0 aliphatic rings. The molecule has 76 valence electrons. The van der Waals surface area contributed by atoms with Crippen molar-refractivity contribution in [3.8, 4) is 0 Å². The van der Waals surface area contributed by atoms with E-state index in [0.29, 0.717) is 6.20 Å². The zero-order valence-electron chi connectivity index (χ0n) is 6.38. The molecule has 0 radical (unpaired) electrons. The Kier molecular flexibility index (Phi) is 2.74. The normalized spacial score (nSPS) is 11.4. The van der Waals surface area contributed by atoms with Gasteiger partial charge in [0.1, 0.15) is 10.7 Å². The van der Waals surface area contributed by atoms with E-state index in [9.17, 15) is 23.3 Å². The fourth-order valence-corrected chi connectivity index (χ4v) is 1.33. The maximum absolute atomic E-state index is 12.2. The van der Waals surface area contributed by atoms with Crippen LogP contribution in [0.4, 0.5) is 18.9 Å². The predicted molar refractivity (Wildman–Crippen MR) is 43.6 cm³/mol. The molecule has 0 amide bonds. The Bertz CT molecular complexity index is 380. The van der Waals surface area contributed by atoms with Crippen molar-refractivity contribution >= 4 is 21.6 Å². The van der Waals surface area contributed by atoms with Crippen molar-refractivity contribution in [3.63, 3.8) is 0 Å². The summed E-state index contributed by atoms with van der Waals surface area (Å²) in [6, 6.07) is 0. The molecule has 0 unspecified atom stereocenters. The quantitative estimate of drug-likeness (QED) is 0.582. The van der Waals surface area contributed by atoms with Crippen molar-refractivity contribution in [1.82, 2.24) is 4.98 Å². The molecule has 0 aliphatic heterocycles. The lowest BCUT2D eigenvalue weighted by Gasteiger charge is -2.07. The summed E-state index contributed by atoms with van der Waals surface area (Å²) < 4.78 is 36.0. The first kappa shape index (κ1) is 10.9. The smallest absolute Gasteiger partial charge is 0.258 e. The predicted octanol–water partition coefficient (Wildman–Crippen LogP) is 2.77. The van der Waals surface area contributed by atoms with E-state index in [1.807, 2.05) is 0 Å². The van der Waals surface area contributed by atoms with Crippen LogP contribution in [0.1, 0.15) is 5.56 Å². The molecule has 1 aromatic rings. The summed E-state index contributed by atoms with van der Waals surface area (Å²) >= 11 is 2.52. The van der Waals surface area contributed by atoms with Crippen LogP contribution in [0, 0.1) is 10.1 Å². The average Bonchev–Trinajstić information content (AvgIpc) is 2.01. The lowest BCUT2D eigenvalue weighted by atomic mass is 10.2. The van der Waals surface area contributed by atoms with Gasteiger partial charge in [-0.15, -0.1) is 0 Å². The number of hydrogen-bond acceptors (Lipinski definition) is 3. The Morgan fingerprint density at radius 1 is 1.43 bits per heavy atom. The van der Waals surface area contributed by atoms with Gasteiger partial charge in [0.25, 0.3) is 0 Å². The number of nitrogens with zero attached hydrogens (tertiary/aromatic N) is 2. The standard InChI is InChI=1S/C6H2BrF3N2O2/c7-5-3(6(8,9)10)1-11-2-4(5)12(13)14/h1-2H. The third-order valence-electron chi connectivity index (χ3n) is 1.36. The van der Waals surface area contributed by atoms with Gasteiger partial charge in [-0.1, -0.05) is 0 Å². The van der Waals surface area contributed by atoms with E-state index in [1.165, 1.54) is 0 Å². The molecule has 0 atom stereocenters. The van der Waals surface area contributed by atoms with Crippen LogP contribution in [-0.4, -0.2) is 9.91 Å². The Labute approximate surface area is 84.0 Å². The van der Waals surface area contributed by atoms with Crippen molar-refractivity contribution in [2.45, 2.75) is 6.18 Å². The molecule has 0 spiro atoms. The maximum atomic E-state index is 12.2. The molecule has 1 aromatic heterocycles. The van der Waals surface area contributed by atoms with E-state index in [-0.39, 0.29) is 0 Å². The van der Waals surface area contributed by atoms with E-state index < -0.39 is 26.8 Å². The van der Waals surface area contributed by atoms with E-state index in [1.54, 1.807) is 0 Å². The largest absolute Gasteiger partial charge is 0.419 e. The second-order valence-electron chi connectivity index (χ2n) is 2.28. The topological polar surface area (TPSA) is 56.0 Å². The minimum Gasteiger partial charge on any atom is -0.258 e. The summed E-state index contributed by atoms with van der Waals surface area (Å²) in [6.45, 7) is 0. The zero-order valence-corrected chi connectivity index (χ0v) is 7.96. The van der Waals surface area contributed by atoms with Crippen LogP contribution in [0.5, 0.6) is 0 Å². The van der Waals surface area contributed by atoms with Gasteiger partial charge in [-0.05, 0) is 15.9 Å². The van der Waals surface area contributed by atoms with Crippen LogP contribution in [0.25, 0.3) is 0 Å². The number of nitro groups is 1. The highest BCUT2D eigenvalue weighted by Gasteiger charge is 2.36. The van der Waals surface area contributed by atoms with Gasteiger partial charge < -0.3 is 0 Å². The minimum absolute atomic E-state index is 0.525. The number of alkyl halides is 3. The molecule has 1 heterocycles. The third kappa shape index (κ3) is 2.00. The highest BCUT2D eigenvalue weighted by atomic mass is 79.9. The molecule has 0 saturated heterocycles. The molecule has 0 fully saturated rings. The highest BCUT2D eigenvalue weighted by Crippen LogP contribution is 2.38. The Morgan fingerprint density at radius 3 is 2.43 bits per heavy atom. The van der Waals surface area contributed by atoms with Gasteiger partial charge in [-0.25, -0.2) is 0 Å². The van der Waals surface area contributed by atoms with Gasteiger partial charge in [0, 0.05) is 6.20 Å². The average molecular weight is 271 g/mol. The van der Waals surface area contributed by atoms with Gasteiger partial charge in [-0.3, -0.25) is 15.1 Å². The van der Waals surface area contributed by atoms with E-state index in [4.69, 9.17) is 0 Å². The lowest BCUT2D eigenvalue weighted by Crippen LogP contribution is -2.08. The fraction of sp³-hybridized carbons (Fsp3) is 0.167. The molecular weight excluding hydrogens is 269 g/mol. The molecule has 0 saturated carbocycles. The van der Waals surface area contributed by atoms with Crippen molar-refractivity contribution in [1.29, 1.82) is 0 Å². The van der Waals surface area contributed by atoms with Crippen molar-refractivity contribution < 1.29 is 18.1 Å². The van der Waals surface area contributed by atoms with Crippen LogP contribution in [-0.2, 0) is 6.18 Å².